The number of carbonyl (C=O) groups is 1. The van der Waals surface area contributed by atoms with Crippen LogP contribution < -0.4 is 10.1 Å². The van der Waals surface area contributed by atoms with Gasteiger partial charge in [0.25, 0.3) is 5.69 Å². The molecule has 0 unspecified atom stereocenters. The third kappa shape index (κ3) is 5.04. The second-order valence-electron chi connectivity index (χ2n) is 5.87. The van der Waals surface area contributed by atoms with Gasteiger partial charge in [-0.25, -0.2) is 4.98 Å². The number of nitrogens with zero attached hydrogens (tertiary/aromatic N) is 3. The molecule has 150 valence electrons. The normalized spacial score (nSPS) is 11.7. The van der Waals surface area contributed by atoms with Crippen LogP contribution in [0.1, 0.15) is 6.92 Å². The van der Waals surface area contributed by atoms with Gasteiger partial charge in [0.15, 0.2) is 5.82 Å². The highest BCUT2D eigenvalue weighted by Crippen LogP contribution is 2.28. The molecule has 29 heavy (non-hydrogen) atoms. The predicted molar refractivity (Wildman–Crippen MR) is 110 cm³/mol. The van der Waals surface area contributed by atoms with Crippen LogP contribution in [0.4, 0.5) is 11.4 Å². The third-order valence-corrected chi connectivity index (χ3v) is 5.17. The van der Waals surface area contributed by atoms with Gasteiger partial charge in [0, 0.05) is 17.7 Å². The van der Waals surface area contributed by atoms with Crippen LogP contribution in [-0.2, 0) is 4.79 Å². The number of nitro groups is 1. The molecule has 9 nitrogen and oxygen atoms in total. The minimum atomic E-state index is -0.556. The number of aromatic amines is 1. The average Bonchev–Trinajstić information content (AvgIpc) is 3.17. The number of carbonyl (C=O) groups excluding carboxylic acids is 1. The van der Waals surface area contributed by atoms with E-state index in [1.165, 1.54) is 30.0 Å². The van der Waals surface area contributed by atoms with E-state index in [1.54, 1.807) is 14.0 Å². The Morgan fingerprint density at radius 1 is 1.31 bits per heavy atom. The van der Waals surface area contributed by atoms with E-state index in [9.17, 15) is 14.9 Å². The maximum Gasteiger partial charge on any atom is 0.271 e. The van der Waals surface area contributed by atoms with Crippen molar-refractivity contribution in [3.05, 3.63) is 57.6 Å². The van der Waals surface area contributed by atoms with Gasteiger partial charge in [0.05, 0.1) is 28.0 Å². The number of nitro benzene ring substituents is 1. The van der Waals surface area contributed by atoms with Crippen LogP contribution >= 0.6 is 23.4 Å². The first kappa shape index (κ1) is 20.6. The lowest BCUT2D eigenvalue weighted by Crippen LogP contribution is -2.22. The summed E-state index contributed by atoms with van der Waals surface area (Å²) in [7, 11) is 1.59. The molecule has 11 heteroatoms. The second kappa shape index (κ2) is 8.93. The first-order valence-corrected chi connectivity index (χ1v) is 9.61. The van der Waals surface area contributed by atoms with Gasteiger partial charge in [-0.15, -0.1) is 5.10 Å². The number of thioether (sulfide) groups is 1. The van der Waals surface area contributed by atoms with Crippen LogP contribution in [0.5, 0.6) is 5.75 Å². The molecular formula is C18H16ClN5O4S. The molecular weight excluding hydrogens is 418 g/mol. The van der Waals surface area contributed by atoms with Crippen molar-refractivity contribution in [1.29, 1.82) is 0 Å². The Balaban J connectivity index is 1.64. The van der Waals surface area contributed by atoms with Crippen LogP contribution in [0.2, 0.25) is 5.02 Å². The third-order valence-electron chi connectivity index (χ3n) is 3.90. The Morgan fingerprint density at radius 2 is 2.03 bits per heavy atom. The minimum absolute atomic E-state index is 0.0874. The lowest BCUT2D eigenvalue weighted by Gasteiger charge is -2.11. The van der Waals surface area contributed by atoms with Crippen molar-refractivity contribution < 1.29 is 14.5 Å². The van der Waals surface area contributed by atoms with Crippen LogP contribution in [-0.4, -0.2) is 38.4 Å². The molecule has 1 amide bonds. The number of aromatic nitrogens is 3. The molecule has 0 spiro atoms. The first-order chi connectivity index (χ1) is 13.9. The number of benzene rings is 2. The van der Waals surface area contributed by atoms with E-state index in [-0.39, 0.29) is 16.6 Å². The van der Waals surface area contributed by atoms with Crippen molar-refractivity contribution in [2.24, 2.45) is 0 Å². The zero-order chi connectivity index (χ0) is 21.0. The van der Waals surface area contributed by atoms with Gasteiger partial charge in [-0.2, -0.15) is 0 Å². The maximum absolute atomic E-state index is 12.4. The number of hydrogen-bond acceptors (Lipinski definition) is 7. The topological polar surface area (TPSA) is 123 Å². The predicted octanol–water partition coefficient (Wildman–Crippen LogP) is 4.16. The number of methoxy groups -OCH3 is 1. The van der Waals surface area contributed by atoms with Crippen molar-refractivity contribution >= 4 is 40.6 Å². The van der Waals surface area contributed by atoms with Crippen LogP contribution in [0.3, 0.4) is 0 Å². The molecule has 0 fully saturated rings. The summed E-state index contributed by atoms with van der Waals surface area (Å²) in [6.07, 6.45) is 0. The van der Waals surface area contributed by atoms with E-state index < -0.39 is 10.2 Å². The van der Waals surface area contributed by atoms with E-state index >= 15 is 0 Å². The lowest BCUT2D eigenvalue weighted by molar-refractivity contribution is -0.384. The Labute approximate surface area is 175 Å². The van der Waals surface area contributed by atoms with Gasteiger partial charge in [0.1, 0.15) is 5.75 Å². The molecule has 0 aliphatic heterocycles. The highest BCUT2D eigenvalue weighted by Gasteiger charge is 2.19. The maximum atomic E-state index is 12.4. The van der Waals surface area contributed by atoms with Gasteiger partial charge >= 0.3 is 0 Å². The molecule has 1 atom stereocenters. The first-order valence-electron chi connectivity index (χ1n) is 8.35. The number of hydrogen-bond donors (Lipinski definition) is 2. The van der Waals surface area contributed by atoms with E-state index in [2.05, 4.69) is 20.5 Å². The van der Waals surface area contributed by atoms with Crippen molar-refractivity contribution in [2.45, 2.75) is 17.3 Å². The number of nitrogens with one attached hydrogen (secondary N) is 2. The Kier molecular flexibility index (Phi) is 6.35. The van der Waals surface area contributed by atoms with Crippen molar-refractivity contribution in [2.75, 3.05) is 12.4 Å². The van der Waals surface area contributed by atoms with E-state index in [4.69, 9.17) is 16.3 Å². The zero-order valence-electron chi connectivity index (χ0n) is 15.4. The smallest absolute Gasteiger partial charge is 0.271 e. The molecule has 3 aromatic rings. The fraction of sp³-hybridized carbons (Fsp3) is 0.167. The summed E-state index contributed by atoms with van der Waals surface area (Å²) in [5.74, 6) is 0.973. The van der Waals surface area contributed by atoms with Gasteiger partial charge in [-0.1, -0.05) is 23.4 Å². The summed E-state index contributed by atoms with van der Waals surface area (Å²) >= 11 is 7.18. The van der Waals surface area contributed by atoms with E-state index in [1.807, 2.05) is 24.3 Å². The quantitative estimate of drug-likeness (QED) is 0.325. The number of anilines is 1. The van der Waals surface area contributed by atoms with Gasteiger partial charge in [-0.05, 0) is 37.3 Å². The Hall–Kier alpha value is -3.11. The summed E-state index contributed by atoms with van der Waals surface area (Å²) in [5.41, 5.74) is 0.978. The number of halogens is 1. The summed E-state index contributed by atoms with van der Waals surface area (Å²) in [4.78, 5) is 27.0. The molecule has 3 rings (SSSR count). The molecule has 1 heterocycles. The number of amides is 1. The molecule has 0 saturated carbocycles. The fourth-order valence-corrected chi connectivity index (χ4v) is 3.29. The van der Waals surface area contributed by atoms with Crippen LogP contribution in [0.25, 0.3) is 11.4 Å². The van der Waals surface area contributed by atoms with E-state index in [0.717, 1.165) is 11.3 Å². The zero-order valence-corrected chi connectivity index (χ0v) is 17.0. The number of rotatable bonds is 7. The van der Waals surface area contributed by atoms with Crippen LogP contribution in [0.15, 0.2) is 47.6 Å². The second-order valence-corrected chi connectivity index (χ2v) is 7.58. The molecule has 0 bridgehead atoms. The van der Waals surface area contributed by atoms with Gasteiger partial charge in [-0.3, -0.25) is 20.0 Å². The fourth-order valence-electron chi connectivity index (χ4n) is 2.34. The Morgan fingerprint density at radius 3 is 2.66 bits per heavy atom. The summed E-state index contributed by atoms with van der Waals surface area (Å²) in [6, 6.07) is 11.2. The summed E-state index contributed by atoms with van der Waals surface area (Å²) in [6.45, 7) is 1.70. The van der Waals surface area contributed by atoms with Crippen molar-refractivity contribution in [3.63, 3.8) is 0 Å². The lowest BCUT2D eigenvalue weighted by atomic mass is 10.2. The van der Waals surface area contributed by atoms with Gasteiger partial charge in [0.2, 0.25) is 11.1 Å². The molecule has 0 aliphatic rings. The monoisotopic (exact) mass is 433 g/mol. The Bertz CT molecular complexity index is 1040. The summed E-state index contributed by atoms with van der Waals surface area (Å²) < 4.78 is 5.13. The molecule has 0 radical (unpaired) electrons. The number of non-ortho nitro benzene ring substituents is 1. The highest BCUT2D eigenvalue weighted by atomic mass is 35.5. The number of ether oxygens (including phenoxy) is 1. The standard InChI is InChI=1S/C18H16ClN5O4S/c1-10(17(25)20-15-8-5-12(24(26)27)9-14(15)19)29-18-21-16(22-23-18)11-3-6-13(28-2)7-4-11/h3-10H,1-2H3,(H,20,25)(H,21,22,23)/t10-/m0/s1. The summed E-state index contributed by atoms with van der Waals surface area (Å²) in [5, 5.41) is 20.4. The number of H-pyrrole nitrogens is 1. The highest BCUT2D eigenvalue weighted by molar-refractivity contribution is 8.00. The molecule has 2 aromatic carbocycles. The molecule has 0 saturated heterocycles. The van der Waals surface area contributed by atoms with Gasteiger partial charge < -0.3 is 10.1 Å². The van der Waals surface area contributed by atoms with E-state index in [0.29, 0.717) is 16.7 Å². The van der Waals surface area contributed by atoms with Crippen molar-refractivity contribution in [3.8, 4) is 17.1 Å². The SMILES string of the molecule is COc1ccc(-c2nc(S[C@@H](C)C(=O)Nc3ccc([N+](=O)[O-])cc3Cl)n[nH]2)cc1. The largest absolute Gasteiger partial charge is 0.497 e. The molecule has 0 aliphatic carbocycles. The minimum Gasteiger partial charge on any atom is -0.497 e. The molecule has 2 N–H and O–H groups in total. The average molecular weight is 434 g/mol. The molecule has 1 aromatic heterocycles. The van der Waals surface area contributed by atoms with Crippen LogP contribution in [0, 0.1) is 10.1 Å². The van der Waals surface area contributed by atoms with Crippen molar-refractivity contribution in [1.82, 2.24) is 15.2 Å².